The van der Waals surface area contributed by atoms with Gasteiger partial charge in [-0.15, -0.1) is 0 Å². The molecule has 2 aromatic carbocycles. The fraction of sp³-hybridized carbons (Fsp3) is 0.143. The number of nitrogens with two attached hydrogens (primary N) is 1. The van der Waals surface area contributed by atoms with Crippen LogP contribution in [-0.2, 0) is 6.54 Å². The van der Waals surface area contributed by atoms with Crippen LogP contribution in [0, 0.1) is 6.92 Å². The van der Waals surface area contributed by atoms with Gasteiger partial charge in [-0.2, -0.15) is 0 Å². The fourth-order valence-electron chi connectivity index (χ4n) is 1.61. The van der Waals surface area contributed by atoms with Crippen LogP contribution in [0.4, 0.5) is 11.4 Å². The van der Waals surface area contributed by atoms with Crippen molar-refractivity contribution in [2.75, 3.05) is 5.32 Å². The van der Waals surface area contributed by atoms with Gasteiger partial charge in [0, 0.05) is 17.9 Å². The van der Waals surface area contributed by atoms with Gasteiger partial charge < -0.3 is 11.1 Å². The number of hydrogen-bond donors (Lipinski definition) is 2. The zero-order valence-corrected chi connectivity index (χ0v) is 9.40. The smallest absolute Gasteiger partial charge is 0.0386 e. The predicted octanol–water partition coefficient (Wildman–Crippen LogP) is 3.20. The molecule has 3 N–H and O–H groups in total. The fourth-order valence-corrected chi connectivity index (χ4v) is 1.61. The van der Waals surface area contributed by atoms with E-state index >= 15 is 0 Å². The summed E-state index contributed by atoms with van der Waals surface area (Å²) < 4.78 is 0. The highest BCUT2D eigenvalue weighted by atomic mass is 14.9. The number of hydrogen-bond acceptors (Lipinski definition) is 2. The molecule has 0 amide bonds. The van der Waals surface area contributed by atoms with E-state index in [-0.39, 0.29) is 0 Å². The van der Waals surface area contributed by atoms with E-state index < -0.39 is 0 Å². The molecule has 2 rings (SSSR count). The topological polar surface area (TPSA) is 38.0 Å². The maximum Gasteiger partial charge on any atom is 0.0386 e. The van der Waals surface area contributed by atoms with E-state index in [2.05, 4.69) is 30.4 Å². The van der Waals surface area contributed by atoms with Crippen LogP contribution >= 0.6 is 0 Å². The third-order valence-electron chi connectivity index (χ3n) is 2.50. The molecular formula is C14H16N2. The van der Waals surface area contributed by atoms with E-state index in [0.717, 1.165) is 16.9 Å². The van der Waals surface area contributed by atoms with E-state index in [1.165, 1.54) is 5.56 Å². The van der Waals surface area contributed by atoms with Crippen molar-refractivity contribution in [1.29, 1.82) is 0 Å². The Morgan fingerprint density at radius 1 is 1.00 bits per heavy atom. The Kier molecular flexibility index (Phi) is 3.22. The highest BCUT2D eigenvalue weighted by Crippen LogP contribution is 2.17. The largest absolute Gasteiger partial charge is 0.356 e. The second kappa shape index (κ2) is 4.81. The number of rotatable bonds is 3. The van der Waals surface area contributed by atoms with Gasteiger partial charge in [0.1, 0.15) is 0 Å². The monoisotopic (exact) mass is 212 g/mol. The number of nitrogens with one attached hydrogen (secondary N) is 1. The van der Waals surface area contributed by atoms with Gasteiger partial charge in [0.25, 0.3) is 0 Å². The average Bonchev–Trinajstić information content (AvgIpc) is 2.30. The quantitative estimate of drug-likeness (QED) is 0.820. The lowest BCUT2D eigenvalue weighted by molar-refractivity contribution is 1.07. The summed E-state index contributed by atoms with van der Waals surface area (Å²) in [5, 5.41) is 3.36. The summed E-state index contributed by atoms with van der Waals surface area (Å²) >= 11 is 0. The summed E-state index contributed by atoms with van der Waals surface area (Å²) in [6.45, 7) is 2.67. The Hall–Kier alpha value is -1.80. The van der Waals surface area contributed by atoms with Crippen LogP contribution in [0.2, 0.25) is 0 Å². The van der Waals surface area contributed by atoms with Crippen LogP contribution in [0.15, 0.2) is 48.5 Å². The van der Waals surface area contributed by atoms with Crippen molar-refractivity contribution in [3.05, 3.63) is 59.7 Å². The minimum atomic E-state index is 0.588. The van der Waals surface area contributed by atoms with Gasteiger partial charge in [-0.05, 0) is 42.3 Å². The molecule has 0 spiro atoms. The first kappa shape index (κ1) is 10.7. The van der Waals surface area contributed by atoms with E-state index in [4.69, 9.17) is 5.73 Å². The molecule has 0 heterocycles. The summed E-state index contributed by atoms with van der Waals surface area (Å²) in [7, 11) is 0. The molecule has 2 aromatic rings. The van der Waals surface area contributed by atoms with Gasteiger partial charge in [-0.3, -0.25) is 0 Å². The van der Waals surface area contributed by atoms with Crippen LogP contribution < -0.4 is 11.1 Å². The Balaban J connectivity index is 2.14. The van der Waals surface area contributed by atoms with Crippen LogP contribution in [0.3, 0.4) is 0 Å². The molecule has 0 aliphatic rings. The molecule has 0 aliphatic carbocycles. The predicted molar refractivity (Wildman–Crippen MR) is 68.8 cm³/mol. The lowest BCUT2D eigenvalue weighted by atomic mass is 10.2. The number of anilines is 2. The van der Waals surface area contributed by atoms with Crippen molar-refractivity contribution in [3.63, 3.8) is 0 Å². The molecule has 0 aromatic heterocycles. The first-order valence-electron chi connectivity index (χ1n) is 5.40. The van der Waals surface area contributed by atoms with E-state index in [9.17, 15) is 0 Å². The molecule has 0 atom stereocenters. The molecule has 0 radical (unpaired) electrons. The van der Waals surface area contributed by atoms with Gasteiger partial charge in [0.05, 0.1) is 0 Å². The lowest BCUT2D eigenvalue weighted by Gasteiger charge is -2.07. The Labute approximate surface area is 96.1 Å². The summed E-state index contributed by atoms with van der Waals surface area (Å²) in [4.78, 5) is 0. The second-order valence-electron chi connectivity index (χ2n) is 3.90. The molecule has 0 fully saturated rings. The van der Waals surface area contributed by atoms with Crippen LogP contribution in [-0.4, -0.2) is 0 Å². The summed E-state index contributed by atoms with van der Waals surface area (Å²) in [5.41, 5.74) is 10.2. The van der Waals surface area contributed by atoms with Gasteiger partial charge >= 0.3 is 0 Å². The second-order valence-corrected chi connectivity index (χ2v) is 3.90. The van der Waals surface area contributed by atoms with Crippen molar-refractivity contribution in [3.8, 4) is 0 Å². The Bertz CT molecular complexity index is 460. The van der Waals surface area contributed by atoms with Gasteiger partial charge in [-0.25, -0.2) is 0 Å². The minimum Gasteiger partial charge on any atom is -0.356 e. The lowest BCUT2D eigenvalue weighted by Crippen LogP contribution is -1.96. The molecule has 82 valence electrons. The van der Waals surface area contributed by atoms with Crippen LogP contribution in [0.5, 0.6) is 0 Å². The molecule has 0 unspecified atom stereocenters. The number of aryl methyl sites for hydroxylation is 1. The zero-order chi connectivity index (χ0) is 11.4. The minimum absolute atomic E-state index is 0.588. The first-order chi connectivity index (χ1) is 7.78. The van der Waals surface area contributed by atoms with Gasteiger partial charge in [0.15, 0.2) is 0 Å². The summed E-state index contributed by atoms with van der Waals surface area (Å²) in [6.07, 6.45) is 0. The normalized spacial score (nSPS) is 10.1. The van der Waals surface area contributed by atoms with E-state index in [0.29, 0.717) is 6.54 Å². The standard InChI is InChI=1S/C14H16N2/c1-11-3-2-4-14(9-11)16-13-7-5-12(10-15)6-8-13/h2-9,16H,10,15H2,1H3. The third-order valence-corrected chi connectivity index (χ3v) is 2.50. The Morgan fingerprint density at radius 3 is 2.38 bits per heavy atom. The SMILES string of the molecule is Cc1cccc(Nc2ccc(CN)cc2)c1. The van der Waals surface area contributed by atoms with Crippen molar-refractivity contribution in [2.45, 2.75) is 13.5 Å². The molecule has 0 aliphatic heterocycles. The summed E-state index contributed by atoms with van der Waals surface area (Å²) in [6, 6.07) is 16.5. The zero-order valence-electron chi connectivity index (χ0n) is 9.40. The highest BCUT2D eigenvalue weighted by molar-refractivity contribution is 5.60. The maximum absolute atomic E-state index is 5.55. The Morgan fingerprint density at radius 2 is 1.75 bits per heavy atom. The van der Waals surface area contributed by atoms with Gasteiger partial charge in [-0.1, -0.05) is 24.3 Å². The van der Waals surface area contributed by atoms with E-state index in [1.54, 1.807) is 0 Å². The number of benzene rings is 2. The first-order valence-corrected chi connectivity index (χ1v) is 5.40. The summed E-state index contributed by atoms with van der Waals surface area (Å²) in [5.74, 6) is 0. The van der Waals surface area contributed by atoms with E-state index in [1.807, 2.05) is 30.3 Å². The van der Waals surface area contributed by atoms with Crippen LogP contribution in [0.25, 0.3) is 0 Å². The molecule has 0 saturated heterocycles. The molecule has 0 saturated carbocycles. The van der Waals surface area contributed by atoms with Crippen molar-refractivity contribution >= 4 is 11.4 Å². The average molecular weight is 212 g/mol. The molecule has 2 heteroatoms. The van der Waals surface area contributed by atoms with Crippen molar-refractivity contribution < 1.29 is 0 Å². The third kappa shape index (κ3) is 2.61. The molecule has 2 nitrogen and oxygen atoms in total. The molecular weight excluding hydrogens is 196 g/mol. The molecule has 0 bridgehead atoms. The van der Waals surface area contributed by atoms with Gasteiger partial charge in [0.2, 0.25) is 0 Å². The van der Waals surface area contributed by atoms with Crippen molar-refractivity contribution in [2.24, 2.45) is 5.73 Å². The molecule has 16 heavy (non-hydrogen) atoms. The maximum atomic E-state index is 5.55. The van der Waals surface area contributed by atoms with Crippen LogP contribution in [0.1, 0.15) is 11.1 Å². The highest BCUT2D eigenvalue weighted by Gasteiger charge is 1.95. The van der Waals surface area contributed by atoms with Crippen molar-refractivity contribution in [1.82, 2.24) is 0 Å².